The van der Waals surface area contributed by atoms with Gasteiger partial charge in [0.05, 0.1) is 11.5 Å². The smallest absolute Gasteiger partial charge is 0.243 e. The molecule has 1 saturated carbocycles. The highest BCUT2D eigenvalue weighted by molar-refractivity contribution is 5.35. The molecular weight excluding hydrogens is 254 g/mol. The minimum Gasteiger partial charge on any atom is -0.396 e. The first-order chi connectivity index (χ1) is 9.76. The van der Waals surface area contributed by atoms with Crippen LogP contribution in [0.1, 0.15) is 49.0 Å². The zero-order chi connectivity index (χ0) is 14.0. The molecule has 1 unspecified atom stereocenters. The second-order valence-electron chi connectivity index (χ2n) is 5.38. The van der Waals surface area contributed by atoms with Crippen LogP contribution in [0.25, 0.3) is 0 Å². The third-order valence-electron chi connectivity index (χ3n) is 4.16. The number of benzene rings is 1. The first-order valence-corrected chi connectivity index (χ1v) is 7.02. The van der Waals surface area contributed by atoms with Crippen molar-refractivity contribution in [1.82, 2.24) is 10.1 Å². The lowest BCUT2D eigenvalue weighted by molar-refractivity contribution is 0.254. The van der Waals surface area contributed by atoms with E-state index in [1.807, 2.05) is 18.2 Å². The molecule has 3 N–H and O–H groups in total. The lowest BCUT2D eigenvalue weighted by Crippen LogP contribution is -2.36. The Hall–Kier alpha value is -1.72. The Morgan fingerprint density at radius 3 is 2.65 bits per heavy atom. The van der Waals surface area contributed by atoms with Crippen LogP contribution in [-0.2, 0) is 5.41 Å². The number of aliphatic hydroxyl groups excluding tert-OH is 1. The fourth-order valence-electron chi connectivity index (χ4n) is 2.77. The van der Waals surface area contributed by atoms with E-state index in [2.05, 4.69) is 22.3 Å². The molecule has 1 aliphatic carbocycles. The zero-order valence-electron chi connectivity index (χ0n) is 11.3. The number of nitrogens with zero attached hydrogens (tertiary/aromatic N) is 2. The Kier molecular flexibility index (Phi) is 3.54. The quantitative estimate of drug-likeness (QED) is 0.869. The van der Waals surface area contributed by atoms with Crippen molar-refractivity contribution in [2.75, 3.05) is 6.61 Å². The first-order valence-electron chi connectivity index (χ1n) is 7.02. The molecule has 1 aromatic heterocycles. The highest BCUT2D eigenvalue weighted by atomic mass is 16.5. The van der Waals surface area contributed by atoms with E-state index in [0.717, 1.165) is 18.7 Å². The average molecular weight is 273 g/mol. The van der Waals surface area contributed by atoms with Crippen molar-refractivity contribution in [3.63, 3.8) is 0 Å². The Morgan fingerprint density at radius 2 is 2.05 bits per heavy atom. The van der Waals surface area contributed by atoms with Crippen LogP contribution in [0, 0.1) is 0 Å². The van der Waals surface area contributed by atoms with Gasteiger partial charge in [0.25, 0.3) is 0 Å². The summed E-state index contributed by atoms with van der Waals surface area (Å²) in [6.45, 7) is 0.0166. The largest absolute Gasteiger partial charge is 0.396 e. The van der Waals surface area contributed by atoms with Crippen LogP contribution >= 0.6 is 0 Å². The van der Waals surface area contributed by atoms with Gasteiger partial charge < -0.3 is 15.4 Å². The molecule has 5 heteroatoms. The van der Waals surface area contributed by atoms with Gasteiger partial charge in [-0.05, 0) is 24.8 Å². The maximum Gasteiger partial charge on any atom is 0.243 e. The highest BCUT2D eigenvalue weighted by Crippen LogP contribution is 2.47. The predicted octanol–water partition coefficient (Wildman–Crippen LogP) is 1.92. The molecule has 1 heterocycles. The molecule has 1 fully saturated rings. The molecule has 106 valence electrons. The lowest BCUT2D eigenvalue weighted by Gasteiger charge is -2.39. The average Bonchev–Trinajstić information content (AvgIpc) is 2.89. The molecule has 20 heavy (non-hydrogen) atoms. The summed E-state index contributed by atoms with van der Waals surface area (Å²) < 4.78 is 5.29. The summed E-state index contributed by atoms with van der Waals surface area (Å²) in [5, 5.41) is 13.1. The van der Waals surface area contributed by atoms with Crippen molar-refractivity contribution >= 4 is 0 Å². The third-order valence-corrected chi connectivity index (χ3v) is 4.16. The molecular formula is C15H19N3O2. The number of aliphatic hydroxyl groups is 1. The van der Waals surface area contributed by atoms with Crippen LogP contribution < -0.4 is 5.73 Å². The molecule has 1 aromatic carbocycles. The molecule has 1 atom stereocenters. The van der Waals surface area contributed by atoms with Crippen LogP contribution in [0.4, 0.5) is 0 Å². The van der Waals surface area contributed by atoms with E-state index < -0.39 is 6.04 Å². The Morgan fingerprint density at radius 1 is 1.30 bits per heavy atom. The summed E-state index contributed by atoms with van der Waals surface area (Å²) in [4.78, 5) is 4.49. The van der Waals surface area contributed by atoms with E-state index in [4.69, 9.17) is 15.4 Å². The van der Waals surface area contributed by atoms with Gasteiger partial charge in [-0.3, -0.25) is 0 Å². The van der Waals surface area contributed by atoms with Gasteiger partial charge in [0, 0.05) is 6.61 Å². The van der Waals surface area contributed by atoms with Crippen LogP contribution in [0.2, 0.25) is 0 Å². The van der Waals surface area contributed by atoms with Crippen LogP contribution in [0.3, 0.4) is 0 Å². The predicted molar refractivity (Wildman–Crippen MR) is 74.0 cm³/mol. The van der Waals surface area contributed by atoms with Crippen molar-refractivity contribution in [2.24, 2.45) is 5.73 Å². The summed E-state index contributed by atoms with van der Waals surface area (Å²) >= 11 is 0. The Labute approximate surface area is 117 Å². The SMILES string of the molecule is NC(CCO)c1nc(C2(c3ccccc3)CCC2)no1. The fourth-order valence-corrected chi connectivity index (χ4v) is 2.77. The molecule has 0 amide bonds. The van der Waals surface area contributed by atoms with Gasteiger partial charge in [0.1, 0.15) is 0 Å². The zero-order valence-corrected chi connectivity index (χ0v) is 11.3. The van der Waals surface area contributed by atoms with Gasteiger partial charge >= 0.3 is 0 Å². The minimum absolute atomic E-state index is 0.0166. The molecule has 3 rings (SSSR count). The van der Waals surface area contributed by atoms with Crippen molar-refractivity contribution < 1.29 is 9.63 Å². The van der Waals surface area contributed by atoms with Gasteiger partial charge in [-0.25, -0.2) is 0 Å². The number of hydrogen-bond donors (Lipinski definition) is 2. The van der Waals surface area contributed by atoms with Crippen LogP contribution in [0.5, 0.6) is 0 Å². The normalized spacial score (nSPS) is 18.5. The summed E-state index contributed by atoms with van der Waals surface area (Å²) in [6.07, 6.45) is 3.66. The van der Waals surface area contributed by atoms with Gasteiger partial charge in [-0.1, -0.05) is 41.9 Å². The van der Waals surface area contributed by atoms with Crippen molar-refractivity contribution in [3.05, 3.63) is 47.6 Å². The maximum atomic E-state index is 8.93. The Bertz CT molecular complexity index is 564. The standard InChI is InChI=1S/C15H19N3O2/c16-12(7-10-19)13-17-14(18-20-13)15(8-4-9-15)11-5-2-1-3-6-11/h1-3,5-6,12,19H,4,7-10,16H2. The van der Waals surface area contributed by atoms with Gasteiger partial charge in [0.2, 0.25) is 5.89 Å². The van der Waals surface area contributed by atoms with Crippen molar-refractivity contribution in [3.8, 4) is 0 Å². The van der Waals surface area contributed by atoms with E-state index in [1.165, 1.54) is 12.0 Å². The molecule has 1 aliphatic rings. The first kappa shape index (κ1) is 13.3. The Balaban J connectivity index is 1.91. The van der Waals surface area contributed by atoms with Gasteiger partial charge in [-0.15, -0.1) is 0 Å². The molecule has 2 aromatic rings. The van der Waals surface area contributed by atoms with Gasteiger partial charge in [0.15, 0.2) is 5.82 Å². The van der Waals surface area contributed by atoms with Crippen molar-refractivity contribution in [1.29, 1.82) is 0 Å². The molecule has 5 nitrogen and oxygen atoms in total. The number of rotatable bonds is 5. The number of hydrogen-bond acceptors (Lipinski definition) is 5. The topological polar surface area (TPSA) is 85.2 Å². The van der Waals surface area contributed by atoms with Crippen LogP contribution in [-0.4, -0.2) is 21.9 Å². The summed E-state index contributed by atoms with van der Waals surface area (Å²) in [7, 11) is 0. The molecule has 0 saturated heterocycles. The molecule has 0 spiro atoms. The van der Waals surface area contributed by atoms with E-state index in [9.17, 15) is 0 Å². The maximum absolute atomic E-state index is 8.93. The number of nitrogens with two attached hydrogens (primary N) is 1. The lowest BCUT2D eigenvalue weighted by atomic mass is 9.64. The van der Waals surface area contributed by atoms with E-state index in [0.29, 0.717) is 12.3 Å². The molecule has 0 aliphatic heterocycles. The summed E-state index contributed by atoms with van der Waals surface area (Å²) in [6, 6.07) is 9.91. The van der Waals surface area contributed by atoms with Crippen LogP contribution in [0.15, 0.2) is 34.9 Å². The fraction of sp³-hybridized carbons (Fsp3) is 0.467. The summed E-state index contributed by atoms with van der Waals surface area (Å²) in [5.74, 6) is 1.13. The highest BCUT2D eigenvalue weighted by Gasteiger charge is 2.44. The van der Waals surface area contributed by atoms with E-state index in [1.54, 1.807) is 0 Å². The van der Waals surface area contributed by atoms with E-state index >= 15 is 0 Å². The third kappa shape index (κ3) is 2.13. The van der Waals surface area contributed by atoms with E-state index in [-0.39, 0.29) is 12.0 Å². The second kappa shape index (κ2) is 5.34. The van der Waals surface area contributed by atoms with Gasteiger partial charge in [-0.2, -0.15) is 4.98 Å². The van der Waals surface area contributed by atoms with Crippen molar-refractivity contribution in [2.45, 2.75) is 37.1 Å². The molecule has 0 bridgehead atoms. The molecule has 0 radical (unpaired) electrons. The minimum atomic E-state index is -0.394. The summed E-state index contributed by atoms with van der Waals surface area (Å²) in [5.41, 5.74) is 7.01. The second-order valence-corrected chi connectivity index (χ2v) is 5.38. The number of aromatic nitrogens is 2. The monoisotopic (exact) mass is 273 g/mol.